The molecule has 0 bridgehead atoms. The zero-order valence-corrected chi connectivity index (χ0v) is 18.4. The monoisotopic (exact) mass is 435 g/mol. The van der Waals surface area contributed by atoms with Gasteiger partial charge < -0.3 is 15.1 Å². The molecule has 1 aromatic heterocycles. The van der Waals surface area contributed by atoms with E-state index in [1.165, 1.54) is 0 Å². The van der Waals surface area contributed by atoms with Crippen molar-refractivity contribution in [2.75, 3.05) is 26.2 Å². The maximum Gasteiger partial charge on any atom is 0.274 e. The molecule has 4 rings (SSSR count). The van der Waals surface area contributed by atoms with Gasteiger partial charge in [-0.15, -0.1) is 6.58 Å². The summed E-state index contributed by atoms with van der Waals surface area (Å²) in [7, 11) is 1.85. The van der Waals surface area contributed by atoms with Gasteiger partial charge in [0.15, 0.2) is 5.69 Å². The number of carbonyl (C=O) groups excluding carboxylic acids is 3. The Morgan fingerprint density at radius 3 is 2.50 bits per heavy atom. The first-order chi connectivity index (χ1) is 15.5. The lowest BCUT2D eigenvalue weighted by Gasteiger charge is -2.32. The molecule has 168 valence electrons. The molecule has 0 aliphatic carbocycles. The molecule has 3 amide bonds. The normalized spacial score (nSPS) is 16.4. The molecule has 0 spiro atoms. The molecule has 2 aliphatic heterocycles. The van der Waals surface area contributed by atoms with Gasteiger partial charge in [0.2, 0.25) is 5.91 Å². The van der Waals surface area contributed by atoms with Gasteiger partial charge in [0, 0.05) is 62.4 Å². The van der Waals surface area contributed by atoms with E-state index >= 15 is 0 Å². The molecule has 1 fully saturated rings. The summed E-state index contributed by atoms with van der Waals surface area (Å²) in [5.74, 6) is -0.233. The van der Waals surface area contributed by atoms with E-state index in [2.05, 4.69) is 17.0 Å². The second-order valence-electron chi connectivity index (χ2n) is 8.34. The highest BCUT2D eigenvalue weighted by Crippen LogP contribution is 2.26. The van der Waals surface area contributed by atoms with Crippen molar-refractivity contribution >= 4 is 17.7 Å². The quantitative estimate of drug-likeness (QED) is 0.725. The van der Waals surface area contributed by atoms with Gasteiger partial charge in [-0.05, 0) is 25.0 Å². The number of nitrogens with zero attached hydrogens (tertiary/aromatic N) is 4. The zero-order valence-electron chi connectivity index (χ0n) is 18.4. The van der Waals surface area contributed by atoms with Crippen molar-refractivity contribution in [3.8, 4) is 0 Å². The topological polar surface area (TPSA) is 87.5 Å². The number of aromatic nitrogens is 2. The molecule has 2 aliphatic rings. The first-order valence-corrected chi connectivity index (χ1v) is 11.1. The molecule has 0 unspecified atom stereocenters. The second-order valence-corrected chi connectivity index (χ2v) is 8.34. The van der Waals surface area contributed by atoms with Crippen LogP contribution in [0.3, 0.4) is 0 Å². The maximum absolute atomic E-state index is 13.3. The lowest BCUT2D eigenvalue weighted by molar-refractivity contribution is -0.126. The predicted molar refractivity (Wildman–Crippen MR) is 120 cm³/mol. The number of rotatable bonds is 5. The van der Waals surface area contributed by atoms with E-state index in [0.717, 1.165) is 11.3 Å². The Bertz CT molecular complexity index is 1020. The molecule has 1 saturated heterocycles. The predicted octanol–water partition coefficient (Wildman–Crippen LogP) is 1.77. The van der Waals surface area contributed by atoms with E-state index in [1.807, 2.05) is 37.4 Å². The van der Waals surface area contributed by atoms with Gasteiger partial charge in [0.05, 0.1) is 6.54 Å². The SMILES string of the molecule is C=CCNC(=O)C1CCN(C(=O)c2nn(C)c3c2CN(C(=O)c2ccccc2)CC3)CC1. The van der Waals surface area contributed by atoms with Crippen LogP contribution in [0.1, 0.15) is 44.9 Å². The standard InChI is InChI=1S/C24H29N5O3/c1-3-12-25-22(30)17-9-13-28(14-10-17)24(32)21-19-16-29(15-11-20(19)27(2)26-21)23(31)18-7-5-4-6-8-18/h3-8,17H,1,9-16H2,2H3,(H,25,30). The lowest BCUT2D eigenvalue weighted by atomic mass is 9.95. The number of fused-ring (bicyclic) bond motifs is 1. The average molecular weight is 436 g/mol. The highest BCUT2D eigenvalue weighted by molar-refractivity contribution is 5.96. The summed E-state index contributed by atoms with van der Waals surface area (Å²) in [6.07, 6.45) is 3.58. The first kappa shape index (κ1) is 21.8. The van der Waals surface area contributed by atoms with Crippen LogP contribution in [0.5, 0.6) is 0 Å². The third-order valence-corrected chi connectivity index (χ3v) is 6.33. The number of benzene rings is 1. The van der Waals surface area contributed by atoms with Gasteiger partial charge in [0.1, 0.15) is 0 Å². The van der Waals surface area contributed by atoms with Crippen molar-refractivity contribution in [2.24, 2.45) is 13.0 Å². The molecule has 32 heavy (non-hydrogen) atoms. The van der Waals surface area contributed by atoms with Crippen LogP contribution in [0.15, 0.2) is 43.0 Å². The van der Waals surface area contributed by atoms with E-state index in [0.29, 0.717) is 63.2 Å². The largest absolute Gasteiger partial charge is 0.352 e. The summed E-state index contributed by atoms with van der Waals surface area (Å²) in [4.78, 5) is 42.0. The van der Waals surface area contributed by atoms with Crippen molar-refractivity contribution in [2.45, 2.75) is 25.8 Å². The zero-order chi connectivity index (χ0) is 22.7. The van der Waals surface area contributed by atoms with Gasteiger partial charge in [-0.25, -0.2) is 0 Å². The number of hydrogen-bond acceptors (Lipinski definition) is 4. The van der Waals surface area contributed by atoms with Crippen LogP contribution in [0.2, 0.25) is 0 Å². The number of hydrogen-bond donors (Lipinski definition) is 1. The molecule has 1 aromatic carbocycles. The van der Waals surface area contributed by atoms with E-state index in [-0.39, 0.29) is 23.6 Å². The Morgan fingerprint density at radius 1 is 1.09 bits per heavy atom. The highest BCUT2D eigenvalue weighted by atomic mass is 16.2. The van der Waals surface area contributed by atoms with E-state index < -0.39 is 0 Å². The summed E-state index contributed by atoms with van der Waals surface area (Å²) < 4.78 is 1.77. The molecular formula is C24H29N5O3. The smallest absolute Gasteiger partial charge is 0.274 e. The summed E-state index contributed by atoms with van der Waals surface area (Å²) in [5, 5.41) is 7.36. The van der Waals surface area contributed by atoms with Gasteiger partial charge in [-0.1, -0.05) is 24.3 Å². The van der Waals surface area contributed by atoms with E-state index in [9.17, 15) is 14.4 Å². The molecule has 8 heteroatoms. The molecule has 1 N–H and O–H groups in total. The van der Waals surface area contributed by atoms with Crippen molar-refractivity contribution < 1.29 is 14.4 Å². The summed E-state index contributed by atoms with van der Waals surface area (Å²) in [6, 6.07) is 9.20. The number of carbonyl (C=O) groups is 3. The van der Waals surface area contributed by atoms with Crippen molar-refractivity contribution in [3.05, 3.63) is 65.5 Å². The maximum atomic E-state index is 13.3. The van der Waals surface area contributed by atoms with E-state index in [1.54, 1.807) is 20.6 Å². The van der Waals surface area contributed by atoms with Crippen molar-refractivity contribution in [3.63, 3.8) is 0 Å². The lowest BCUT2D eigenvalue weighted by Crippen LogP contribution is -2.43. The molecular weight excluding hydrogens is 406 g/mol. The minimum absolute atomic E-state index is 0.0160. The Labute approximate surface area is 187 Å². The van der Waals surface area contributed by atoms with Gasteiger partial charge in [-0.3, -0.25) is 19.1 Å². The highest BCUT2D eigenvalue weighted by Gasteiger charge is 2.33. The summed E-state index contributed by atoms with van der Waals surface area (Å²) in [6.45, 7) is 6.07. The average Bonchev–Trinajstić information content (AvgIpc) is 3.18. The fraction of sp³-hybridized carbons (Fsp3) is 0.417. The van der Waals surface area contributed by atoms with Crippen LogP contribution in [-0.4, -0.2) is 63.5 Å². The second kappa shape index (κ2) is 9.38. The Hall–Kier alpha value is -3.42. The number of amides is 3. The minimum atomic E-state index is -0.124. The molecule has 0 saturated carbocycles. The van der Waals surface area contributed by atoms with Crippen LogP contribution in [0.4, 0.5) is 0 Å². The molecule has 8 nitrogen and oxygen atoms in total. The minimum Gasteiger partial charge on any atom is -0.352 e. The number of nitrogens with one attached hydrogen (secondary N) is 1. The van der Waals surface area contributed by atoms with Crippen LogP contribution < -0.4 is 5.32 Å². The fourth-order valence-corrected chi connectivity index (χ4v) is 4.51. The Kier molecular flexibility index (Phi) is 6.39. The fourth-order valence-electron chi connectivity index (χ4n) is 4.51. The number of likely N-dealkylation sites (tertiary alicyclic amines) is 1. The Morgan fingerprint density at radius 2 is 1.81 bits per heavy atom. The molecule has 3 heterocycles. The van der Waals surface area contributed by atoms with Crippen molar-refractivity contribution in [1.82, 2.24) is 24.9 Å². The third-order valence-electron chi connectivity index (χ3n) is 6.33. The van der Waals surface area contributed by atoms with Crippen LogP contribution in [-0.2, 0) is 24.8 Å². The summed E-state index contributed by atoms with van der Waals surface area (Å²) in [5.41, 5.74) is 2.90. The summed E-state index contributed by atoms with van der Waals surface area (Å²) >= 11 is 0. The van der Waals surface area contributed by atoms with Crippen molar-refractivity contribution in [1.29, 1.82) is 0 Å². The molecule has 0 radical (unpaired) electrons. The van der Waals surface area contributed by atoms with Gasteiger partial charge >= 0.3 is 0 Å². The van der Waals surface area contributed by atoms with E-state index in [4.69, 9.17) is 0 Å². The van der Waals surface area contributed by atoms with Gasteiger partial charge in [-0.2, -0.15) is 5.10 Å². The third kappa shape index (κ3) is 4.30. The van der Waals surface area contributed by atoms with Gasteiger partial charge in [0.25, 0.3) is 11.8 Å². The van der Waals surface area contributed by atoms with Crippen LogP contribution in [0, 0.1) is 5.92 Å². The first-order valence-electron chi connectivity index (χ1n) is 11.1. The van der Waals surface area contributed by atoms with Crippen LogP contribution in [0.25, 0.3) is 0 Å². The number of piperidine rings is 1. The Balaban J connectivity index is 1.46. The number of aryl methyl sites for hydroxylation is 1. The molecule has 0 atom stereocenters. The molecule has 2 aromatic rings. The van der Waals surface area contributed by atoms with Crippen LogP contribution >= 0.6 is 0 Å².